The lowest BCUT2D eigenvalue weighted by atomic mass is 10.1. The van der Waals surface area contributed by atoms with Crippen molar-refractivity contribution in [2.75, 3.05) is 27.2 Å². The van der Waals surface area contributed by atoms with Crippen molar-refractivity contribution in [3.8, 4) is 0 Å². The quantitative estimate of drug-likeness (QED) is 0.450. The molecule has 0 atom stereocenters. The molecule has 0 unspecified atom stereocenters. The summed E-state index contributed by atoms with van der Waals surface area (Å²) in [5, 5.41) is 0. The third kappa shape index (κ3) is 9.25. The third-order valence-electron chi connectivity index (χ3n) is 5.54. The van der Waals surface area contributed by atoms with Crippen LogP contribution in [0.25, 0.3) is 0 Å². The van der Waals surface area contributed by atoms with Crippen LogP contribution in [0.3, 0.4) is 0 Å². The van der Waals surface area contributed by atoms with Crippen molar-refractivity contribution in [3.05, 3.63) is 71.8 Å². The molecule has 4 nitrogen and oxygen atoms in total. The minimum absolute atomic E-state index is 0.211. The van der Waals surface area contributed by atoms with Gasteiger partial charge in [0, 0.05) is 40.0 Å². The Kier molecular flexibility index (Phi) is 10.7. The van der Waals surface area contributed by atoms with Crippen LogP contribution < -0.4 is 0 Å². The summed E-state index contributed by atoms with van der Waals surface area (Å²) in [6.07, 6.45) is 6.76. The number of likely N-dealkylation sites (N-methyl/N-ethyl adjacent to an activating group) is 2. The average Bonchev–Trinajstić information content (AvgIpc) is 2.79. The molecule has 2 rings (SSSR count). The molecule has 30 heavy (non-hydrogen) atoms. The smallest absolute Gasteiger partial charge is 0.222 e. The number of nitrogens with zero attached hydrogens (tertiary/aromatic N) is 2. The second-order valence-electron chi connectivity index (χ2n) is 8.02. The summed E-state index contributed by atoms with van der Waals surface area (Å²) in [5.41, 5.74) is 2.52. The first-order valence-electron chi connectivity index (χ1n) is 11.1. The summed E-state index contributed by atoms with van der Waals surface area (Å²) < 4.78 is 0. The van der Waals surface area contributed by atoms with E-state index in [0.717, 1.165) is 51.6 Å². The zero-order valence-electron chi connectivity index (χ0n) is 18.6. The van der Waals surface area contributed by atoms with E-state index in [1.165, 1.54) is 11.1 Å². The van der Waals surface area contributed by atoms with E-state index in [1.807, 2.05) is 60.3 Å². The Morgan fingerprint density at radius 2 is 0.967 bits per heavy atom. The van der Waals surface area contributed by atoms with Gasteiger partial charge in [0.2, 0.25) is 11.8 Å². The van der Waals surface area contributed by atoms with E-state index >= 15 is 0 Å². The summed E-state index contributed by atoms with van der Waals surface area (Å²) in [6, 6.07) is 20.5. The molecule has 162 valence electrons. The summed E-state index contributed by atoms with van der Waals surface area (Å²) in [4.78, 5) is 28.2. The van der Waals surface area contributed by atoms with Gasteiger partial charge in [-0.3, -0.25) is 9.59 Å². The molecule has 0 saturated heterocycles. The number of carbonyl (C=O) groups excluding carboxylic acids is 2. The Morgan fingerprint density at radius 3 is 1.33 bits per heavy atom. The fourth-order valence-electron chi connectivity index (χ4n) is 3.42. The van der Waals surface area contributed by atoms with Gasteiger partial charge in [-0.1, -0.05) is 73.5 Å². The SMILES string of the molecule is CN(CCc1ccccc1)C(=O)CCCCCCC(=O)N(C)CCc1ccccc1. The Morgan fingerprint density at radius 1 is 0.600 bits per heavy atom. The van der Waals surface area contributed by atoms with E-state index in [1.54, 1.807) is 0 Å². The minimum Gasteiger partial charge on any atom is -0.345 e. The van der Waals surface area contributed by atoms with Crippen LogP contribution in [0.4, 0.5) is 0 Å². The van der Waals surface area contributed by atoms with Gasteiger partial charge in [-0.2, -0.15) is 0 Å². The standard InChI is InChI=1S/C26H36N2O2/c1-27(21-19-23-13-7-5-8-14-23)25(29)17-11-3-4-12-18-26(30)28(2)22-20-24-15-9-6-10-16-24/h5-10,13-16H,3-4,11-12,17-22H2,1-2H3. The maximum atomic E-state index is 12.2. The molecule has 0 aliphatic heterocycles. The molecule has 2 aromatic carbocycles. The van der Waals surface area contributed by atoms with Gasteiger partial charge >= 0.3 is 0 Å². The van der Waals surface area contributed by atoms with Crippen molar-refractivity contribution in [3.63, 3.8) is 0 Å². The number of unbranched alkanes of at least 4 members (excludes halogenated alkanes) is 3. The van der Waals surface area contributed by atoms with Crippen LogP contribution in [0.15, 0.2) is 60.7 Å². The number of hydrogen-bond acceptors (Lipinski definition) is 2. The Labute approximate surface area is 181 Å². The van der Waals surface area contributed by atoms with E-state index < -0.39 is 0 Å². The lowest BCUT2D eigenvalue weighted by molar-refractivity contribution is -0.131. The van der Waals surface area contributed by atoms with Crippen molar-refractivity contribution in [2.45, 2.75) is 51.4 Å². The number of rotatable bonds is 13. The average molecular weight is 409 g/mol. The molecule has 0 heterocycles. The lowest BCUT2D eigenvalue weighted by Gasteiger charge is -2.18. The molecule has 0 aliphatic rings. The first kappa shape index (κ1) is 23.7. The van der Waals surface area contributed by atoms with Crippen LogP contribution in [-0.2, 0) is 22.4 Å². The van der Waals surface area contributed by atoms with Gasteiger partial charge in [0.05, 0.1) is 0 Å². The second kappa shape index (κ2) is 13.6. The first-order chi connectivity index (χ1) is 14.6. The largest absolute Gasteiger partial charge is 0.345 e. The van der Waals surface area contributed by atoms with Gasteiger partial charge in [0.15, 0.2) is 0 Å². The molecule has 0 N–H and O–H groups in total. The number of carbonyl (C=O) groups is 2. The van der Waals surface area contributed by atoms with Crippen LogP contribution in [0, 0.1) is 0 Å². The molecular weight excluding hydrogens is 372 g/mol. The fraction of sp³-hybridized carbons (Fsp3) is 0.462. The molecular formula is C26H36N2O2. The maximum Gasteiger partial charge on any atom is 0.222 e. The Bertz CT molecular complexity index is 681. The molecule has 0 spiro atoms. The van der Waals surface area contributed by atoms with Crippen molar-refractivity contribution in [2.24, 2.45) is 0 Å². The highest BCUT2D eigenvalue weighted by atomic mass is 16.2. The predicted molar refractivity (Wildman–Crippen MR) is 123 cm³/mol. The zero-order valence-corrected chi connectivity index (χ0v) is 18.6. The van der Waals surface area contributed by atoms with Gasteiger partial charge in [-0.05, 0) is 36.8 Å². The second-order valence-corrected chi connectivity index (χ2v) is 8.02. The lowest BCUT2D eigenvalue weighted by Crippen LogP contribution is -2.28. The van der Waals surface area contributed by atoms with Gasteiger partial charge < -0.3 is 9.80 Å². The molecule has 0 fully saturated rings. The minimum atomic E-state index is 0.211. The van der Waals surface area contributed by atoms with Gasteiger partial charge in [0.1, 0.15) is 0 Å². The highest BCUT2D eigenvalue weighted by molar-refractivity contribution is 5.76. The summed E-state index contributed by atoms with van der Waals surface area (Å²) >= 11 is 0. The molecule has 2 amide bonds. The van der Waals surface area contributed by atoms with Crippen LogP contribution >= 0.6 is 0 Å². The monoisotopic (exact) mass is 408 g/mol. The molecule has 0 bridgehead atoms. The number of hydrogen-bond donors (Lipinski definition) is 0. The van der Waals surface area contributed by atoms with Gasteiger partial charge in [-0.25, -0.2) is 0 Å². The molecule has 2 aromatic rings. The normalized spacial score (nSPS) is 10.6. The predicted octanol–water partition coefficient (Wildman–Crippen LogP) is 4.73. The van der Waals surface area contributed by atoms with E-state index in [9.17, 15) is 9.59 Å². The van der Waals surface area contributed by atoms with Crippen LogP contribution in [-0.4, -0.2) is 48.8 Å². The van der Waals surface area contributed by atoms with E-state index in [4.69, 9.17) is 0 Å². The van der Waals surface area contributed by atoms with Gasteiger partial charge in [-0.15, -0.1) is 0 Å². The Balaban J connectivity index is 1.50. The maximum absolute atomic E-state index is 12.2. The molecule has 0 radical (unpaired) electrons. The van der Waals surface area contributed by atoms with E-state index in [2.05, 4.69) is 24.3 Å². The van der Waals surface area contributed by atoms with Crippen LogP contribution in [0.1, 0.15) is 49.7 Å². The molecule has 0 aromatic heterocycles. The molecule has 4 heteroatoms. The Hall–Kier alpha value is -2.62. The molecule has 0 aliphatic carbocycles. The third-order valence-corrected chi connectivity index (χ3v) is 5.54. The highest BCUT2D eigenvalue weighted by Crippen LogP contribution is 2.09. The van der Waals surface area contributed by atoms with Crippen molar-refractivity contribution in [1.29, 1.82) is 0 Å². The highest BCUT2D eigenvalue weighted by Gasteiger charge is 2.10. The van der Waals surface area contributed by atoms with Crippen LogP contribution in [0.2, 0.25) is 0 Å². The fourth-order valence-corrected chi connectivity index (χ4v) is 3.42. The summed E-state index contributed by atoms with van der Waals surface area (Å²) in [7, 11) is 3.77. The van der Waals surface area contributed by atoms with Crippen molar-refractivity contribution < 1.29 is 9.59 Å². The van der Waals surface area contributed by atoms with Crippen molar-refractivity contribution >= 4 is 11.8 Å². The topological polar surface area (TPSA) is 40.6 Å². The van der Waals surface area contributed by atoms with E-state index in [-0.39, 0.29) is 11.8 Å². The van der Waals surface area contributed by atoms with E-state index in [0.29, 0.717) is 12.8 Å². The summed E-state index contributed by atoms with van der Waals surface area (Å²) in [6.45, 7) is 1.51. The summed E-state index contributed by atoms with van der Waals surface area (Å²) in [5.74, 6) is 0.422. The van der Waals surface area contributed by atoms with Crippen molar-refractivity contribution in [1.82, 2.24) is 9.80 Å². The zero-order chi connectivity index (χ0) is 21.6. The van der Waals surface area contributed by atoms with Gasteiger partial charge in [0.25, 0.3) is 0 Å². The number of amides is 2. The van der Waals surface area contributed by atoms with Crippen LogP contribution in [0.5, 0.6) is 0 Å². The molecule has 0 saturated carbocycles. The first-order valence-corrected chi connectivity index (χ1v) is 11.1. The number of benzene rings is 2.